The molecule has 2 rings (SSSR count). The monoisotopic (exact) mass is 469 g/mol. The molecule has 0 aromatic heterocycles. The number of hydrogen-bond acceptors (Lipinski definition) is 5. The van der Waals surface area contributed by atoms with Crippen molar-refractivity contribution in [2.45, 2.75) is 12.5 Å². The molecule has 0 saturated heterocycles. The number of nitrogens with zero attached hydrogens (tertiary/aromatic N) is 1. The summed E-state index contributed by atoms with van der Waals surface area (Å²) in [5.41, 5.74) is -0.487. The van der Waals surface area contributed by atoms with Gasteiger partial charge in [-0.15, -0.1) is 0 Å². The summed E-state index contributed by atoms with van der Waals surface area (Å²) >= 11 is 6.11. The SMILES string of the molecule is COC(CN(C)C(=O)c1ccc(/C(=C/C(=N)C(F)(F)F)Nc2ccccc2Cl)cc1)OC. The molecule has 10 heteroatoms. The molecule has 1 amide bonds. The Morgan fingerprint density at radius 1 is 1.12 bits per heavy atom. The number of carbonyl (C=O) groups excluding carboxylic acids is 1. The van der Waals surface area contributed by atoms with Gasteiger partial charge in [-0.1, -0.05) is 35.9 Å². The van der Waals surface area contributed by atoms with Crippen LogP contribution in [-0.4, -0.2) is 56.8 Å². The molecular weight excluding hydrogens is 447 g/mol. The number of ether oxygens (including phenoxy) is 2. The topological polar surface area (TPSA) is 74.7 Å². The van der Waals surface area contributed by atoms with Gasteiger partial charge >= 0.3 is 6.18 Å². The van der Waals surface area contributed by atoms with Crippen molar-refractivity contribution in [3.05, 3.63) is 70.8 Å². The van der Waals surface area contributed by atoms with Crippen LogP contribution >= 0.6 is 11.6 Å². The Morgan fingerprint density at radius 2 is 1.69 bits per heavy atom. The molecule has 2 N–H and O–H groups in total. The highest BCUT2D eigenvalue weighted by Crippen LogP contribution is 2.27. The fourth-order valence-electron chi connectivity index (χ4n) is 2.69. The maximum atomic E-state index is 13.0. The second kappa shape index (κ2) is 11.1. The predicted molar refractivity (Wildman–Crippen MR) is 118 cm³/mol. The van der Waals surface area contributed by atoms with Crippen molar-refractivity contribution in [2.75, 3.05) is 33.1 Å². The molecule has 0 heterocycles. The molecule has 2 aromatic rings. The Hall–Kier alpha value is -2.88. The summed E-state index contributed by atoms with van der Waals surface area (Å²) in [6.07, 6.45) is -4.73. The Balaban J connectivity index is 2.32. The lowest BCUT2D eigenvalue weighted by molar-refractivity contribution is -0.110. The fraction of sp³-hybridized carbons (Fsp3) is 0.273. The zero-order valence-corrected chi connectivity index (χ0v) is 18.4. The quantitative estimate of drug-likeness (QED) is 0.397. The number of allylic oxidation sites excluding steroid dienone is 1. The van der Waals surface area contributed by atoms with Gasteiger partial charge in [0.25, 0.3) is 5.91 Å². The van der Waals surface area contributed by atoms with Gasteiger partial charge in [-0.2, -0.15) is 13.2 Å². The minimum Gasteiger partial charge on any atom is -0.354 e. The average molecular weight is 470 g/mol. The number of hydrogen-bond donors (Lipinski definition) is 2. The number of likely N-dealkylation sites (N-methyl/N-ethyl adjacent to an activating group) is 1. The molecule has 0 fully saturated rings. The Morgan fingerprint density at radius 3 is 2.22 bits per heavy atom. The summed E-state index contributed by atoms with van der Waals surface area (Å²) in [4.78, 5) is 14.0. The van der Waals surface area contributed by atoms with E-state index in [1.54, 1.807) is 31.3 Å². The molecule has 0 aliphatic rings. The number of amides is 1. The van der Waals surface area contributed by atoms with Crippen LogP contribution in [0.4, 0.5) is 18.9 Å². The number of carbonyl (C=O) groups is 1. The Labute approximate surface area is 189 Å². The van der Waals surface area contributed by atoms with Crippen LogP contribution in [0.2, 0.25) is 5.02 Å². The Kier molecular flexibility index (Phi) is 8.82. The van der Waals surface area contributed by atoms with Gasteiger partial charge in [-0.25, -0.2) is 0 Å². The second-order valence-electron chi connectivity index (χ2n) is 6.74. The van der Waals surface area contributed by atoms with Crippen LogP contribution in [0.5, 0.6) is 0 Å². The van der Waals surface area contributed by atoms with E-state index in [4.69, 9.17) is 26.5 Å². The summed E-state index contributed by atoms with van der Waals surface area (Å²) < 4.78 is 49.1. The van der Waals surface area contributed by atoms with Gasteiger partial charge in [-0.3, -0.25) is 10.2 Å². The number of anilines is 1. The van der Waals surface area contributed by atoms with Gasteiger partial charge in [-0.05, 0) is 35.9 Å². The van der Waals surface area contributed by atoms with Crippen LogP contribution in [0.15, 0.2) is 54.6 Å². The van der Waals surface area contributed by atoms with Gasteiger partial charge in [0.2, 0.25) is 0 Å². The molecule has 2 aromatic carbocycles. The van der Waals surface area contributed by atoms with E-state index in [1.165, 1.54) is 43.4 Å². The molecule has 0 aliphatic carbocycles. The molecule has 0 aliphatic heterocycles. The molecule has 172 valence electrons. The van der Waals surface area contributed by atoms with Crippen molar-refractivity contribution in [1.82, 2.24) is 4.90 Å². The first kappa shape index (κ1) is 25.4. The van der Waals surface area contributed by atoms with Crippen molar-refractivity contribution in [1.29, 1.82) is 5.41 Å². The molecule has 6 nitrogen and oxygen atoms in total. The maximum absolute atomic E-state index is 13.0. The maximum Gasteiger partial charge on any atom is 0.432 e. The predicted octanol–water partition coefficient (Wildman–Crippen LogP) is 5.07. The lowest BCUT2D eigenvalue weighted by Crippen LogP contribution is -2.36. The first-order chi connectivity index (χ1) is 15.1. The summed E-state index contributed by atoms with van der Waals surface area (Å²) in [7, 11) is 4.50. The van der Waals surface area contributed by atoms with Crippen LogP contribution in [0.25, 0.3) is 5.70 Å². The van der Waals surface area contributed by atoms with Crippen molar-refractivity contribution in [3.8, 4) is 0 Å². The van der Waals surface area contributed by atoms with Crippen molar-refractivity contribution in [3.63, 3.8) is 0 Å². The number of alkyl halides is 3. The largest absolute Gasteiger partial charge is 0.432 e. The van der Waals surface area contributed by atoms with Gasteiger partial charge in [0.15, 0.2) is 6.29 Å². The smallest absolute Gasteiger partial charge is 0.354 e. The van der Waals surface area contributed by atoms with Crippen LogP contribution in [-0.2, 0) is 9.47 Å². The zero-order valence-electron chi connectivity index (χ0n) is 17.7. The molecule has 0 atom stereocenters. The number of para-hydroxylation sites is 1. The molecule has 0 bridgehead atoms. The molecule has 0 spiro atoms. The van der Waals surface area contributed by atoms with Crippen LogP contribution < -0.4 is 5.32 Å². The van der Waals surface area contributed by atoms with E-state index >= 15 is 0 Å². The highest BCUT2D eigenvalue weighted by atomic mass is 35.5. The number of rotatable bonds is 9. The van der Waals surface area contributed by atoms with Gasteiger partial charge in [0, 0.05) is 32.5 Å². The molecule has 32 heavy (non-hydrogen) atoms. The normalized spacial score (nSPS) is 12.1. The summed E-state index contributed by atoms with van der Waals surface area (Å²) in [6.45, 7) is 0.190. The number of benzene rings is 2. The highest BCUT2D eigenvalue weighted by Gasteiger charge is 2.33. The van der Waals surface area contributed by atoms with Crippen LogP contribution in [0.3, 0.4) is 0 Å². The lowest BCUT2D eigenvalue weighted by Gasteiger charge is -2.22. The van der Waals surface area contributed by atoms with Crippen molar-refractivity contribution < 1.29 is 27.4 Å². The number of methoxy groups -OCH3 is 2. The van der Waals surface area contributed by atoms with E-state index in [0.717, 1.165) is 0 Å². The Bertz CT molecular complexity index is 974. The van der Waals surface area contributed by atoms with Crippen molar-refractivity contribution in [2.24, 2.45) is 0 Å². The van der Waals surface area contributed by atoms with E-state index in [-0.39, 0.29) is 18.1 Å². The highest BCUT2D eigenvalue weighted by molar-refractivity contribution is 6.33. The first-order valence-corrected chi connectivity index (χ1v) is 9.75. The second-order valence-corrected chi connectivity index (χ2v) is 7.15. The minimum atomic E-state index is -4.81. The van der Waals surface area contributed by atoms with E-state index in [2.05, 4.69) is 5.32 Å². The van der Waals surface area contributed by atoms with Crippen LogP contribution in [0.1, 0.15) is 15.9 Å². The van der Waals surface area contributed by atoms with Crippen LogP contribution in [0, 0.1) is 5.41 Å². The van der Waals surface area contributed by atoms with E-state index < -0.39 is 18.2 Å². The molecular formula is C22H23ClF3N3O3. The third-order valence-electron chi connectivity index (χ3n) is 4.48. The summed E-state index contributed by atoms with van der Waals surface area (Å²) in [5.74, 6) is -0.316. The van der Waals surface area contributed by atoms with Gasteiger partial charge < -0.3 is 19.7 Å². The minimum absolute atomic E-state index is 0.00612. The molecule has 0 radical (unpaired) electrons. The van der Waals surface area contributed by atoms with Gasteiger partial charge in [0.05, 0.1) is 17.3 Å². The van der Waals surface area contributed by atoms with E-state index in [9.17, 15) is 18.0 Å². The fourth-order valence-corrected chi connectivity index (χ4v) is 2.87. The number of nitrogens with one attached hydrogen (secondary N) is 2. The molecule has 0 unspecified atom stereocenters. The number of halogens is 4. The van der Waals surface area contributed by atoms with E-state index in [0.29, 0.717) is 27.9 Å². The zero-order chi connectivity index (χ0) is 23.9. The average Bonchev–Trinajstić information content (AvgIpc) is 2.77. The summed E-state index contributed by atoms with van der Waals surface area (Å²) in [6, 6.07) is 12.5. The first-order valence-electron chi connectivity index (χ1n) is 9.37. The molecule has 0 saturated carbocycles. The van der Waals surface area contributed by atoms with Crippen molar-refractivity contribution >= 4 is 34.6 Å². The van der Waals surface area contributed by atoms with Gasteiger partial charge in [0.1, 0.15) is 5.71 Å². The third-order valence-corrected chi connectivity index (χ3v) is 4.81. The van der Waals surface area contributed by atoms with E-state index in [1.807, 2.05) is 0 Å². The summed E-state index contributed by atoms with van der Waals surface area (Å²) in [5, 5.41) is 10.5. The lowest BCUT2D eigenvalue weighted by atomic mass is 10.1. The standard InChI is InChI=1S/C22H23ClF3N3O3/c1-29(13-20(31-2)32-3)21(30)15-10-8-14(9-11-15)18(12-19(27)22(24,25)26)28-17-7-5-4-6-16(17)23/h4-12,20,27-28H,13H2,1-3H3/b18-12-,27-19?. The third kappa shape index (κ3) is 6.81.